The van der Waals surface area contributed by atoms with E-state index in [2.05, 4.69) is 4.74 Å². The monoisotopic (exact) mass is 277 g/mol. The largest absolute Gasteiger partial charge is 0.465 e. The third-order valence-corrected chi connectivity index (χ3v) is 3.88. The SMILES string of the molecule is COC(=O)c1ccc(COCC2(N)CCCCC2)cc1. The van der Waals surface area contributed by atoms with Crippen LogP contribution in [0, 0.1) is 0 Å². The molecule has 0 radical (unpaired) electrons. The number of ether oxygens (including phenoxy) is 2. The van der Waals surface area contributed by atoms with E-state index in [1.807, 2.05) is 12.1 Å². The molecular formula is C16H23NO3. The third-order valence-electron chi connectivity index (χ3n) is 3.88. The van der Waals surface area contributed by atoms with Gasteiger partial charge in [0.05, 0.1) is 25.9 Å². The summed E-state index contributed by atoms with van der Waals surface area (Å²) in [5.74, 6) is -0.319. The molecule has 0 saturated heterocycles. The van der Waals surface area contributed by atoms with Crippen LogP contribution in [0.15, 0.2) is 24.3 Å². The van der Waals surface area contributed by atoms with Crippen LogP contribution in [-0.2, 0) is 16.1 Å². The molecule has 4 heteroatoms. The Morgan fingerprint density at radius 3 is 2.45 bits per heavy atom. The van der Waals surface area contributed by atoms with E-state index >= 15 is 0 Å². The first-order valence-electron chi connectivity index (χ1n) is 7.17. The van der Waals surface area contributed by atoms with E-state index < -0.39 is 0 Å². The van der Waals surface area contributed by atoms with Gasteiger partial charge in [-0.15, -0.1) is 0 Å². The van der Waals surface area contributed by atoms with Gasteiger partial charge >= 0.3 is 5.97 Å². The number of benzene rings is 1. The minimum atomic E-state index is -0.319. The maximum absolute atomic E-state index is 11.3. The van der Waals surface area contributed by atoms with Crippen molar-refractivity contribution >= 4 is 5.97 Å². The summed E-state index contributed by atoms with van der Waals surface area (Å²) in [5.41, 5.74) is 7.76. The quantitative estimate of drug-likeness (QED) is 0.840. The van der Waals surface area contributed by atoms with E-state index in [4.69, 9.17) is 10.5 Å². The van der Waals surface area contributed by atoms with Gasteiger partial charge in [-0.1, -0.05) is 31.4 Å². The van der Waals surface area contributed by atoms with E-state index in [0.717, 1.165) is 18.4 Å². The summed E-state index contributed by atoms with van der Waals surface area (Å²) in [6.45, 7) is 1.13. The molecule has 1 aliphatic rings. The van der Waals surface area contributed by atoms with Crippen molar-refractivity contribution in [2.75, 3.05) is 13.7 Å². The highest BCUT2D eigenvalue weighted by Gasteiger charge is 2.27. The van der Waals surface area contributed by atoms with Gasteiger partial charge in [0.1, 0.15) is 0 Å². The van der Waals surface area contributed by atoms with Gasteiger partial charge in [-0.05, 0) is 30.5 Å². The molecule has 1 aliphatic carbocycles. The molecule has 0 aromatic heterocycles. The molecule has 0 bridgehead atoms. The summed E-state index contributed by atoms with van der Waals surface area (Å²) < 4.78 is 10.4. The highest BCUT2D eigenvalue weighted by atomic mass is 16.5. The molecule has 0 unspecified atom stereocenters. The minimum Gasteiger partial charge on any atom is -0.465 e. The lowest BCUT2D eigenvalue weighted by Crippen LogP contribution is -2.46. The van der Waals surface area contributed by atoms with Crippen molar-refractivity contribution in [2.45, 2.75) is 44.2 Å². The molecule has 0 atom stereocenters. The highest BCUT2D eigenvalue weighted by molar-refractivity contribution is 5.89. The number of rotatable bonds is 5. The summed E-state index contributed by atoms with van der Waals surface area (Å²) in [6, 6.07) is 7.28. The average molecular weight is 277 g/mol. The molecule has 1 aromatic rings. The van der Waals surface area contributed by atoms with Crippen LogP contribution in [0.3, 0.4) is 0 Å². The van der Waals surface area contributed by atoms with Gasteiger partial charge in [-0.2, -0.15) is 0 Å². The Bertz CT molecular complexity index is 436. The zero-order valence-corrected chi connectivity index (χ0v) is 12.1. The fourth-order valence-electron chi connectivity index (χ4n) is 2.63. The molecule has 20 heavy (non-hydrogen) atoms. The molecule has 1 fully saturated rings. The van der Waals surface area contributed by atoms with Crippen molar-refractivity contribution in [3.05, 3.63) is 35.4 Å². The number of nitrogens with two attached hydrogens (primary N) is 1. The van der Waals surface area contributed by atoms with E-state index in [9.17, 15) is 4.79 Å². The molecule has 4 nitrogen and oxygen atoms in total. The molecule has 0 heterocycles. The van der Waals surface area contributed by atoms with Crippen molar-refractivity contribution in [1.82, 2.24) is 0 Å². The van der Waals surface area contributed by atoms with Gasteiger partial charge in [0.25, 0.3) is 0 Å². The van der Waals surface area contributed by atoms with Gasteiger partial charge in [-0.3, -0.25) is 0 Å². The van der Waals surface area contributed by atoms with Crippen molar-refractivity contribution in [3.63, 3.8) is 0 Å². The van der Waals surface area contributed by atoms with Crippen molar-refractivity contribution < 1.29 is 14.3 Å². The minimum absolute atomic E-state index is 0.149. The molecule has 1 aromatic carbocycles. The number of esters is 1. The van der Waals surface area contributed by atoms with E-state index in [-0.39, 0.29) is 11.5 Å². The number of hydrogen-bond acceptors (Lipinski definition) is 4. The molecule has 2 N–H and O–H groups in total. The van der Waals surface area contributed by atoms with Crippen LogP contribution in [0.25, 0.3) is 0 Å². The molecule has 2 rings (SSSR count). The van der Waals surface area contributed by atoms with Gasteiger partial charge in [0.15, 0.2) is 0 Å². The fourth-order valence-corrected chi connectivity index (χ4v) is 2.63. The number of carbonyl (C=O) groups excluding carboxylic acids is 1. The maximum atomic E-state index is 11.3. The Hall–Kier alpha value is -1.39. The van der Waals surface area contributed by atoms with E-state index in [0.29, 0.717) is 18.8 Å². The second-order valence-electron chi connectivity index (χ2n) is 5.60. The Kier molecular flexibility index (Phi) is 5.15. The predicted octanol–water partition coefficient (Wildman–Crippen LogP) is 2.65. The van der Waals surface area contributed by atoms with Crippen LogP contribution in [0.5, 0.6) is 0 Å². The van der Waals surface area contributed by atoms with Crippen LogP contribution < -0.4 is 5.73 Å². The summed E-state index contributed by atoms with van der Waals surface area (Å²) in [7, 11) is 1.38. The van der Waals surface area contributed by atoms with Crippen molar-refractivity contribution in [2.24, 2.45) is 5.73 Å². The normalized spacial score (nSPS) is 17.7. The second kappa shape index (κ2) is 6.86. The zero-order valence-electron chi connectivity index (χ0n) is 12.1. The predicted molar refractivity (Wildman–Crippen MR) is 77.4 cm³/mol. The van der Waals surface area contributed by atoms with Crippen molar-refractivity contribution in [1.29, 1.82) is 0 Å². The number of carbonyl (C=O) groups is 1. The third kappa shape index (κ3) is 4.05. The Labute approximate surface area is 120 Å². The average Bonchev–Trinajstić information content (AvgIpc) is 2.48. The van der Waals surface area contributed by atoms with Crippen LogP contribution in [0.4, 0.5) is 0 Å². The van der Waals surface area contributed by atoms with Gasteiger partial charge in [0.2, 0.25) is 0 Å². The maximum Gasteiger partial charge on any atom is 0.337 e. The molecule has 1 saturated carbocycles. The Morgan fingerprint density at radius 1 is 1.20 bits per heavy atom. The van der Waals surface area contributed by atoms with Gasteiger partial charge in [0, 0.05) is 5.54 Å². The summed E-state index contributed by atoms with van der Waals surface area (Å²) in [6.07, 6.45) is 5.79. The number of hydrogen-bond donors (Lipinski definition) is 1. The molecule has 110 valence electrons. The number of methoxy groups -OCH3 is 1. The topological polar surface area (TPSA) is 61.5 Å². The lowest BCUT2D eigenvalue weighted by Gasteiger charge is -2.33. The van der Waals surface area contributed by atoms with Crippen LogP contribution >= 0.6 is 0 Å². The molecule has 0 amide bonds. The van der Waals surface area contributed by atoms with Gasteiger partial charge < -0.3 is 15.2 Å². The first-order chi connectivity index (χ1) is 9.63. The summed E-state index contributed by atoms with van der Waals surface area (Å²) in [5, 5.41) is 0. The van der Waals surface area contributed by atoms with Crippen molar-refractivity contribution in [3.8, 4) is 0 Å². The van der Waals surface area contributed by atoms with Gasteiger partial charge in [-0.25, -0.2) is 4.79 Å². The smallest absolute Gasteiger partial charge is 0.337 e. The molecule has 0 aliphatic heterocycles. The van der Waals surface area contributed by atoms with Crippen LogP contribution in [0.1, 0.15) is 48.0 Å². The summed E-state index contributed by atoms with van der Waals surface area (Å²) in [4.78, 5) is 11.3. The molecular weight excluding hydrogens is 254 g/mol. The Morgan fingerprint density at radius 2 is 1.85 bits per heavy atom. The second-order valence-corrected chi connectivity index (χ2v) is 5.60. The van der Waals surface area contributed by atoms with E-state index in [1.165, 1.54) is 26.4 Å². The fraction of sp³-hybridized carbons (Fsp3) is 0.562. The first-order valence-corrected chi connectivity index (χ1v) is 7.17. The Balaban J connectivity index is 1.80. The zero-order chi connectivity index (χ0) is 14.4. The first kappa shape index (κ1) is 15.0. The lowest BCUT2D eigenvalue weighted by molar-refractivity contribution is 0.0572. The summed E-state index contributed by atoms with van der Waals surface area (Å²) >= 11 is 0. The standard InChI is InChI=1S/C16H23NO3/c1-19-15(18)14-7-5-13(6-8-14)11-20-12-16(17)9-3-2-4-10-16/h5-8H,2-4,9-12,17H2,1H3. The highest BCUT2D eigenvalue weighted by Crippen LogP contribution is 2.26. The molecule has 0 spiro atoms. The van der Waals surface area contributed by atoms with E-state index in [1.54, 1.807) is 12.1 Å². The lowest BCUT2D eigenvalue weighted by atomic mass is 9.83. The van der Waals surface area contributed by atoms with Crippen LogP contribution in [0.2, 0.25) is 0 Å². The van der Waals surface area contributed by atoms with Crippen LogP contribution in [-0.4, -0.2) is 25.2 Å².